The monoisotopic (exact) mass is 417 g/mol. The molecule has 7 heteroatoms. The molecule has 2 rings (SSSR count). The fourth-order valence-corrected chi connectivity index (χ4v) is 1.88. The third-order valence-corrected chi connectivity index (χ3v) is 3.30. The molecule has 94 valence electrons. The van der Waals surface area contributed by atoms with Gasteiger partial charge in [-0.2, -0.15) is 0 Å². The van der Waals surface area contributed by atoms with Crippen LogP contribution in [0.25, 0.3) is 0 Å². The SMILES string of the molecule is CN1C(=O)C(NC(=O)[CH]=[W])COc2cccnc21. The normalized spacial score (nSPS) is 18.4. The van der Waals surface area contributed by atoms with E-state index in [1.165, 1.54) is 9.30 Å². The first-order valence-electron chi connectivity index (χ1n) is 5.24. The van der Waals surface area contributed by atoms with Crippen LogP contribution in [0.4, 0.5) is 5.82 Å². The van der Waals surface area contributed by atoms with Crippen LogP contribution in [0.5, 0.6) is 5.75 Å². The van der Waals surface area contributed by atoms with Crippen molar-refractivity contribution in [3.05, 3.63) is 18.3 Å². The van der Waals surface area contributed by atoms with Crippen LogP contribution in [0.3, 0.4) is 0 Å². The Bertz CT molecular complexity index is 506. The van der Waals surface area contributed by atoms with Gasteiger partial charge in [-0.15, -0.1) is 0 Å². The molecule has 1 N–H and O–H groups in total. The van der Waals surface area contributed by atoms with Gasteiger partial charge in [0.25, 0.3) is 0 Å². The van der Waals surface area contributed by atoms with Crippen molar-refractivity contribution in [1.82, 2.24) is 10.3 Å². The van der Waals surface area contributed by atoms with Crippen LogP contribution >= 0.6 is 0 Å². The van der Waals surface area contributed by atoms with Gasteiger partial charge in [-0.05, 0) is 0 Å². The summed E-state index contributed by atoms with van der Waals surface area (Å²) >= 11 is 1.03. The van der Waals surface area contributed by atoms with Crippen LogP contribution in [-0.2, 0) is 28.9 Å². The summed E-state index contributed by atoms with van der Waals surface area (Å²) in [5, 5.41) is 2.61. The summed E-state index contributed by atoms with van der Waals surface area (Å²) in [4.78, 5) is 29.0. The first-order chi connectivity index (χ1) is 8.63. The van der Waals surface area contributed by atoms with E-state index in [-0.39, 0.29) is 18.4 Å². The average Bonchev–Trinajstić information content (AvgIpc) is 2.51. The number of nitrogens with zero attached hydrogens (tertiary/aromatic N) is 2. The standard InChI is InChI=1S/C11H11N3O3.W/c1-7(15)13-8-6-17-9-4-3-5-12-10(9)14(2)11(8)16;/h1,3-5,8H,6H2,2H3,(H,13,15);. The van der Waals surface area contributed by atoms with Crippen LogP contribution in [-0.4, -0.2) is 40.9 Å². The van der Waals surface area contributed by atoms with Gasteiger partial charge in [0.15, 0.2) is 0 Å². The molecule has 1 atom stereocenters. The molecular weight excluding hydrogens is 406 g/mol. The van der Waals surface area contributed by atoms with Crippen LogP contribution < -0.4 is 15.0 Å². The summed E-state index contributed by atoms with van der Waals surface area (Å²) in [6.07, 6.45) is 1.59. The number of carbonyl (C=O) groups excluding carboxylic acids is 2. The van der Waals surface area contributed by atoms with Crippen molar-refractivity contribution in [2.45, 2.75) is 6.04 Å². The second-order valence-electron chi connectivity index (χ2n) is 3.71. The zero-order valence-corrected chi connectivity index (χ0v) is 12.6. The molecule has 1 aromatic rings. The van der Waals surface area contributed by atoms with Gasteiger partial charge in [0, 0.05) is 0 Å². The fourth-order valence-electron chi connectivity index (χ4n) is 1.64. The predicted molar refractivity (Wildman–Crippen MR) is 61.1 cm³/mol. The van der Waals surface area contributed by atoms with Gasteiger partial charge in [0.05, 0.1) is 0 Å². The van der Waals surface area contributed by atoms with E-state index < -0.39 is 6.04 Å². The van der Waals surface area contributed by atoms with Crippen LogP contribution in [0.2, 0.25) is 0 Å². The number of likely N-dealkylation sites (N-methyl/N-ethyl adjacent to an activating group) is 1. The van der Waals surface area contributed by atoms with Crippen molar-refractivity contribution in [3.8, 4) is 5.75 Å². The molecule has 1 aliphatic heterocycles. The van der Waals surface area contributed by atoms with Crippen LogP contribution in [0, 0.1) is 0 Å². The molecule has 0 aromatic carbocycles. The Balaban J connectivity index is 2.25. The number of nitrogens with one attached hydrogen (secondary N) is 1. The molecule has 2 heterocycles. The van der Waals surface area contributed by atoms with Crippen molar-refractivity contribution in [1.29, 1.82) is 0 Å². The molecule has 1 aliphatic rings. The number of carbonyl (C=O) groups is 2. The van der Waals surface area contributed by atoms with Gasteiger partial charge < -0.3 is 0 Å². The summed E-state index contributed by atoms with van der Waals surface area (Å²) in [5.74, 6) is 0.499. The Kier molecular flexibility index (Phi) is 3.86. The van der Waals surface area contributed by atoms with E-state index in [1.54, 1.807) is 25.4 Å². The maximum atomic E-state index is 12.1. The Hall–Kier alpha value is -1.55. The topological polar surface area (TPSA) is 71.5 Å². The van der Waals surface area contributed by atoms with Gasteiger partial charge in [0.2, 0.25) is 0 Å². The summed E-state index contributed by atoms with van der Waals surface area (Å²) < 4.78 is 6.95. The Morgan fingerprint density at radius 2 is 2.50 bits per heavy atom. The van der Waals surface area contributed by atoms with Gasteiger partial charge in [-0.1, -0.05) is 0 Å². The molecule has 0 saturated heterocycles. The van der Waals surface area contributed by atoms with Gasteiger partial charge in [-0.3, -0.25) is 0 Å². The number of pyridine rings is 1. The van der Waals surface area contributed by atoms with Crippen molar-refractivity contribution >= 4 is 22.0 Å². The summed E-state index contributed by atoms with van der Waals surface area (Å²) in [6.45, 7) is 0.108. The first-order valence-corrected chi connectivity index (χ1v) is 6.94. The molecule has 0 spiro atoms. The van der Waals surface area contributed by atoms with Crippen LogP contribution in [0.15, 0.2) is 18.3 Å². The van der Waals surface area contributed by atoms with E-state index in [1.807, 2.05) is 0 Å². The Morgan fingerprint density at radius 1 is 1.72 bits per heavy atom. The van der Waals surface area contributed by atoms with Crippen molar-refractivity contribution in [3.63, 3.8) is 0 Å². The maximum absolute atomic E-state index is 12.1. The molecule has 0 aliphatic carbocycles. The molecule has 18 heavy (non-hydrogen) atoms. The molecule has 0 radical (unpaired) electrons. The number of rotatable bonds is 2. The molecule has 1 unspecified atom stereocenters. The number of aromatic nitrogens is 1. The number of ether oxygens (including phenoxy) is 1. The number of hydrogen-bond acceptors (Lipinski definition) is 4. The minimum absolute atomic E-state index is 0.108. The van der Waals surface area contributed by atoms with E-state index in [0.29, 0.717) is 11.6 Å². The third kappa shape index (κ3) is 2.48. The van der Waals surface area contributed by atoms with Crippen LogP contribution in [0.1, 0.15) is 0 Å². The van der Waals surface area contributed by atoms with Crippen molar-refractivity contribution < 1.29 is 33.7 Å². The van der Waals surface area contributed by atoms with E-state index >= 15 is 0 Å². The zero-order valence-electron chi connectivity index (χ0n) is 9.62. The number of hydrogen-bond donors (Lipinski definition) is 1. The Labute approximate surface area is 115 Å². The zero-order chi connectivity index (χ0) is 13.1. The number of fused-ring (bicyclic) bond motifs is 1. The Morgan fingerprint density at radius 3 is 3.22 bits per heavy atom. The van der Waals surface area contributed by atoms with E-state index in [9.17, 15) is 9.59 Å². The molecule has 0 saturated carbocycles. The predicted octanol–water partition coefficient (Wildman–Crippen LogP) is -0.729. The third-order valence-electron chi connectivity index (χ3n) is 2.53. The summed E-state index contributed by atoms with van der Waals surface area (Å²) in [7, 11) is 1.61. The van der Waals surface area contributed by atoms with E-state index in [4.69, 9.17) is 4.74 Å². The second-order valence-corrected chi connectivity index (χ2v) is 4.56. The molecule has 0 fully saturated rings. The molecule has 1 aromatic heterocycles. The van der Waals surface area contributed by atoms with Gasteiger partial charge in [-0.25, -0.2) is 0 Å². The molecular formula is C11H11N3O3W. The molecule has 0 bridgehead atoms. The fraction of sp³-hybridized carbons (Fsp3) is 0.273. The summed E-state index contributed by atoms with van der Waals surface area (Å²) in [6, 6.07) is 2.79. The minimum atomic E-state index is -0.688. The van der Waals surface area contributed by atoms with Gasteiger partial charge >= 0.3 is 115 Å². The second kappa shape index (κ2) is 5.40. The quantitative estimate of drug-likeness (QED) is 0.690. The average molecular weight is 417 g/mol. The molecule has 6 nitrogen and oxygen atoms in total. The van der Waals surface area contributed by atoms with Gasteiger partial charge in [0.1, 0.15) is 0 Å². The van der Waals surface area contributed by atoms with Crippen molar-refractivity contribution in [2.75, 3.05) is 18.6 Å². The van der Waals surface area contributed by atoms with E-state index in [0.717, 1.165) is 19.4 Å². The molecule has 2 amide bonds. The summed E-state index contributed by atoms with van der Waals surface area (Å²) in [5.41, 5.74) is 0. The number of anilines is 1. The van der Waals surface area contributed by atoms with E-state index in [2.05, 4.69) is 10.3 Å². The number of amides is 2. The van der Waals surface area contributed by atoms with Crippen molar-refractivity contribution in [2.24, 2.45) is 0 Å². The first kappa shape index (κ1) is 12.9.